The molecule has 3 aromatic carbocycles. The van der Waals surface area contributed by atoms with Gasteiger partial charge >= 0.3 is 0 Å². The van der Waals surface area contributed by atoms with Gasteiger partial charge in [-0.15, -0.1) is 0 Å². The number of carbonyl (C=O) groups is 1. The van der Waals surface area contributed by atoms with E-state index in [1.165, 1.54) is 5.39 Å². The van der Waals surface area contributed by atoms with Crippen LogP contribution in [0.3, 0.4) is 0 Å². The predicted molar refractivity (Wildman–Crippen MR) is 115 cm³/mol. The van der Waals surface area contributed by atoms with Crippen molar-refractivity contribution in [3.05, 3.63) is 77.9 Å². The summed E-state index contributed by atoms with van der Waals surface area (Å²) in [6, 6.07) is 21.9. The van der Waals surface area contributed by atoms with Gasteiger partial charge in [0.2, 0.25) is 0 Å². The van der Waals surface area contributed by atoms with Crippen LogP contribution in [0.25, 0.3) is 10.8 Å². The molecule has 3 aromatic rings. The topological polar surface area (TPSA) is 74.8 Å². The maximum Gasteiger partial charge on any atom is 0.258 e. The SMILES string of the molecule is COc1ccc(C2CC(C(=O)N/N=C(\C)c3ccc4ccccc4c3)NN2)cc1. The summed E-state index contributed by atoms with van der Waals surface area (Å²) in [4.78, 5) is 12.5. The molecule has 6 heteroatoms. The van der Waals surface area contributed by atoms with Crippen molar-refractivity contribution in [3.63, 3.8) is 0 Å². The molecule has 0 aromatic heterocycles. The van der Waals surface area contributed by atoms with E-state index in [4.69, 9.17) is 4.74 Å². The van der Waals surface area contributed by atoms with E-state index in [9.17, 15) is 4.79 Å². The van der Waals surface area contributed by atoms with Gasteiger partial charge in [-0.3, -0.25) is 4.79 Å². The molecule has 148 valence electrons. The highest BCUT2D eigenvalue weighted by Gasteiger charge is 2.30. The van der Waals surface area contributed by atoms with Crippen LogP contribution < -0.4 is 21.0 Å². The quantitative estimate of drug-likeness (QED) is 0.463. The van der Waals surface area contributed by atoms with E-state index in [0.717, 1.165) is 28.0 Å². The second-order valence-electron chi connectivity index (χ2n) is 7.14. The lowest BCUT2D eigenvalue weighted by molar-refractivity contribution is -0.122. The highest BCUT2D eigenvalue weighted by Crippen LogP contribution is 2.24. The highest BCUT2D eigenvalue weighted by molar-refractivity contribution is 6.02. The molecule has 29 heavy (non-hydrogen) atoms. The third-order valence-corrected chi connectivity index (χ3v) is 5.24. The molecule has 1 heterocycles. The Bertz CT molecular complexity index is 1050. The normalized spacial score (nSPS) is 19.3. The number of fused-ring (bicyclic) bond motifs is 1. The Labute approximate surface area is 169 Å². The molecule has 0 radical (unpaired) electrons. The zero-order valence-electron chi connectivity index (χ0n) is 16.5. The summed E-state index contributed by atoms with van der Waals surface area (Å²) in [5, 5.41) is 6.63. The number of hydrogen-bond donors (Lipinski definition) is 3. The number of benzene rings is 3. The number of nitrogens with one attached hydrogen (secondary N) is 3. The number of amides is 1. The van der Waals surface area contributed by atoms with Crippen molar-refractivity contribution >= 4 is 22.4 Å². The van der Waals surface area contributed by atoms with Crippen LogP contribution in [0.2, 0.25) is 0 Å². The largest absolute Gasteiger partial charge is 0.497 e. The van der Waals surface area contributed by atoms with Gasteiger partial charge in [-0.25, -0.2) is 16.3 Å². The molecule has 0 saturated carbocycles. The van der Waals surface area contributed by atoms with Crippen LogP contribution in [0, 0.1) is 0 Å². The van der Waals surface area contributed by atoms with Crippen molar-refractivity contribution in [2.45, 2.75) is 25.4 Å². The molecule has 0 spiro atoms. The van der Waals surface area contributed by atoms with Crippen molar-refractivity contribution in [2.24, 2.45) is 5.10 Å². The van der Waals surface area contributed by atoms with Gasteiger partial charge in [0.1, 0.15) is 11.8 Å². The van der Waals surface area contributed by atoms with Crippen molar-refractivity contribution in [1.29, 1.82) is 0 Å². The van der Waals surface area contributed by atoms with E-state index < -0.39 is 0 Å². The first kappa shape index (κ1) is 19.1. The molecule has 0 aliphatic carbocycles. The Hall–Kier alpha value is -3.22. The number of hydrazine groups is 1. The Morgan fingerprint density at radius 2 is 1.79 bits per heavy atom. The minimum absolute atomic E-state index is 0.0576. The second kappa shape index (κ2) is 8.43. The van der Waals surface area contributed by atoms with Gasteiger partial charge in [-0.2, -0.15) is 5.10 Å². The molecule has 0 bridgehead atoms. The summed E-state index contributed by atoms with van der Waals surface area (Å²) in [5.74, 6) is 0.654. The molecular weight excluding hydrogens is 364 g/mol. The number of rotatable bonds is 5. The van der Waals surface area contributed by atoms with Crippen LogP contribution >= 0.6 is 0 Å². The lowest BCUT2D eigenvalue weighted by Gasteiger charge is -2.10. The number of methoxy groups -OCH3 is 1. The van der Waals surface area contributed by atoms with Gasteiger partial charge in [0, 0.05) is 6.04 Å². The first-order valence-corrected chi connectivity index (χ1v) is 9.62. The molecule has 1 amide bonds. The van der Waals surface area contributed by atoms with Gasteiger partial charge in [0.25, 0.3) is 5.91 Å². The Kier molecular flexibility index (Phi) is 5.55. The third kappa shape index (κ3) is 4.29. The minimum Gasteiger partial charge on any atom is -0.497 e. The maximum atomic E-state index is 12.5. The van der Waals surface area contributed by atoms with Crippen LogP contribution in [0.5, 0.6) is 5.75 Å². The van der Waals surface area contributed by atoms with Crippen molar-refractivity contribution in [2.75, 3.05) is 7.11 Å². The monoisotopic (exact) mass is 388 g/mol. The van der Waals surface area contributed by atoms with Crippen molar-refractivity contribution in [1.82, 2.24) is 16.3 Å². The third-order valence-electron chi connectivity index (χ3n) is 5.24. The number of hydrogen-bond acceptors (Lipinski definition) is 5. The molecule has 1 aliphatic heterocycles. The van der Waals surface area contributed by atoms with E-state index in [0.29, 0.717) is 6.42 Å². The van der Waals surface area contributed by atoms with Gasteiger partial charge in [-0.1, -0.05) is 48.5 Å². The molecular formula is C23H24N4O2. The van der Waals surface area contributed by atoms with Crippen molar-refractivity contribution in [3.8, 4) is 5.75 Å². The van der Waals surface area contributed by atoms with Gasteiger partial charge in [0.15, 0.2) is 0 Å². The van der Waals surface area contributed by atoms with E-state index in [1.807, 2.05) is 49.4 Å². The summed E-state index contributed by atoms with van der Waals surface area (Å²) >= 11 is 0. The molecule has 4 rings (SSSR count). The molecule has 2 unspecified atom stereocenters. The molecule has 1 fully saturated rings. The fraction of sp³-hybridized carbons (Fsp3) is 0.217. The summed E-state index contributed by atoms with van der Waals surface area (Å²) in [6.45, 7) is 1.89. The standard InChI is InChI=1S/C23H24N4O2/c1-15(18-8-7-16-5-3-4-6-19(16)13-18)24-27-23(28)22-14-21(25-26-22)17-9-11-20(29-2)12-10-17/h3-13,21-22,25-26H,14H2,1-2H3,(H,27,28)/b24-15+. The molecule has 1 saturated heterocycles. The number of ether oxygens (including phenoxy) is 1. The summed E-state index contributed by atoms with van der Waals surface area (Å²) in [6.07, 6.45) is 0.642. The average Bonchev–Trinajstić information content (AvgIpc) is 3.27. The number of hydrazone groups is 1. The first-order valence-electron chi connectivity index (χ1n) is 9.62. The lowest BCUT2D eigenvalue weighted by atomic mass is 10.0. The van der Waals surface area contributed by atoms with Crippen LogP contribution in [0.1, 0.15) is 30.5 Å². The Balaban J connectivity index is 1.38. The van der Waals surface area contributed by atoms with Crippen LogP contribution in [0.15, 0.2) is 71.8 Å². The Morgan fingerprint density at radius 3 is 2.55 bits per heavy atom. The fourth-order valence-electron chi connectivity index (χ4n) is 3.48. The van der Waals surface area contributed by atoms with Gasteiger partial charge < -0.3 is 4.74 Å². The molecule has 1 aliphatic rings. The first-order chi connectivity index (χ1) is 14.1. The van der Waals surface area contributed by atoms with E-state index in [1.54, 1.807) is 7.11 Å². The number of carbonyl (C=O) groups excluding carboxylic acids is 1. The molecule has 3 N–H and O–H groups in total. The molecule has 6 nitrogen and oxygen atoms in total. The second-order valence-corrected chi connectivity index (χ2v) is 7.14. The van der Waals surface area contributed by atoms with Gasteiger partial charge in [0.05, 0.1) is 12.8 Å². The predicted octanol–water partition coefficient (Wildman–Crippen LogP) is 3.30. The fourth-order valence-corrected chi connectivity index (χ4v) is 3.48. The van der Waals surface area contributed by atoms with Crippen LogP contribution in [-0.4, -0.2) is 24.8 Å². The summed E-state index contributed by atoms with van der Waals surface area (Å²) < 4.78 is 5.19. The Morgan fingerprint density at radius 1 is 1.03 bits per heavy atom. The number of nitrogens with zero attached hydrogens (tertiary/aromatic N) is 1. The average molecular weight is 388 g/mol. The minimum atomic E-state index is -0.352. The highest BCUT2D eigenvalue weighted by atomic mass is 16.5. The summed E-state index contributed by atoms with van der Waals surface area (Å²) in [7, 11) is 1.64. The summed E-state index contributed by atoms with van der Waals surface area (Å²) in [5.41, 5.74) is 11.8. The molecule has 2 atom stereocenters. The van der Waals surface area contributed by atoms with E-state index in [-0.39, 0.29) is 18.0 Å². The van der Waals surface area contributed by atoms with Crippen LogP contribution in [0.4, 0.5) is 0 Å². The van der Waals surface area contributed by atoms with E-state index in [2.05, 4.69) is 45.6 Å². The van der Waals surface area contributed by atoms with Crippen molar-refractivity contribution < 1.29 is 9.53 Å². The zero-order valence-corrected chi connectivity index (χ0v) is 16.5. The maximum absolute atomic E-state index is 12.5. The van der Waals surface area contributed by atoms with Gasteiger partial charge in [-0.05, 0) is 53.4 Å². The zero-order chi connectivity index (χ0) is 20.2. The van der Waals surface area contributed by atoms with E-state index >= 15 is 0 Å². The smallest absolute Gasteiger partial charge is 0.258 e. The van der Waals surface area contributed by atoms with Crippen LogP contribution in [-0.2, 0) is 4.79 Å². The lowest BCUT2D eigenvalue weighted by Crippen LogP contribution is -2.41.